The molecule has 0 bridgehead atoms. The third-order valence-electron chi connectivity index (χ3n) is 4.34. The van der Waals surface area contributed by atoms with Gasteiger partial charge in [0.25, 0.3) is 0 Å². The van der Waals surface area contributed by atoms with E-state index in [0.29, 0.717) is 12.1 Å². The summed E-state index contributed by atoms with van der Waals surface area (Å²) >= 11 is 0. The van der Waals surface area contributed by atoms with Crippen LogP contribution in [0.2, 0.25) is 0 Å². The van der Waals surface area contributed by atoms with Crippen molar-refractivity contribution in [3.63, 3.8) is 0 Å². The lowest BCUT2D eigenvalue weighted by Crippen LogP contribution is -2.46. The standard InChI is InChI=1S/C15H28N2O2/c1-12-14(9-6-10-16-12)19-11-15(18)17-13-7-4-2-3-5-8-13/h12-14,16H,2-11H2,1H3,(H,17,18). The number of hydrogen-bond acceptors (Lipinski definition) is 3. The van der Waals surface area contributed by atoms with E-state index in [0.717, 1.165) is 32.2 Å². The van der Waals surface area contributed by atoms with Gasteiger partial charge in [-0.15, -0.1) is 0 Å². The van der Waals surface area contributed by atoms with Crippen LogP contribution in [0.4, 0.5) is 0 Å². The Kier molecular flexibility index (Phi) is 6.11. The van der Waals surface area contributed by atoms with Gasteiger partial charge in [-0.2, -0.15) is 0 Å². The lowest BCUT2D eigenvalue weighted by atomic mass is 10.0. The van der Waals surface area contributed by atoms with Crippen molar-refractivity contribution in [1.29, 1.82) is 0 Å². The zero-order valence-electron chi connectivity index (χ0n) is 12.1. The highest BCUT2D eigenvalue weighted by atomic mass is 16.5. The Morgan fingerprint density at radius 2 is 1.89 bits per heavy atom. The molecule has 0 radical (unpaired) electrons. The molecule has 0 spiro atoms. The number of nitrogens with one attached hydrogen (secondary N) is 2. The van der Waals surface area contributed by atoms with Crippen LogP contribution in [0.3, 0.4) is 0 Å². The number of hydrogen-bond donors (Lipinski definition) is 2. The van der Waals surface area contributed by atoms with Crippen molar-refractivity contribution < 1.29 is 9.53 Å². The van der Waals surface area contributed by atoms with Crippen LogP contribution in [0, 0.1) is 0 Å². The monoisotopic (exact) mass is 268 g/mol. The third-order valence-corrected chi connectivity index (χ3v) is 4.34. The minimum Gasteiger partial charge on any atom is -0.367 e. The van der Waals surface area contributed by atoms with Gasteiger partial charge in [-0.1, -0.05) is 25.7 Å². The Balaban J connectivity index is 1.65. The average molecular weight is 268 g/mol. The summed E-state index contributed by atoms with van der Waals surface area (Å²) in [5.74, 6) is 0.0599. The Bertz CT molecular complexity index is 275. The van der Waals surface area contributed by atoms with Crippen LogP contribution in [0.1, 0.15) is 58.3 Å². The second kappa shape index (κ2) is 7.85. The minimum atomic E-state index is 0.0599. The van der Waals surface area contributed by atoms with E-state index >= 15 is 0 Å². The Labute approximate surface area is 116 Å². The number of ether oxygens (including phenoxy) is 1. The van der Waals surface area contributed by atoms with Gasteiger partial charge in [-0.05, 0) is 39.2 Å². The highest BCUT2D eigenvalue weighted by molar-refractivity contribution is 5.77. The van der Waals surface area contributed by atoms with Crippen molar-refractivity contribution in [2.24, 2.45) is 0 Å². The second-order valence-electron chi connectivity index (χ2n) is 5.99. The van der Waals surface area contributed by atoms with E-state index in [1.807, 2.05) is 0 Å². The molecule has 2 fully saturated rings. The molecule has 1 saturated carbocycles. The Morgan fingerprint density at radius 3 is 2.58 bits per heavy atom. The molecular formula is C15H28N2O2. The largest absolute Gasteiger partial charge is 0.367 e. The summed E-state index contributed by atoms with van der Waals surface area (Å²) in [6, 6.07) is 0.736. The Hall–Kier alpha value is -0.610. The Morgan fingerprint density at radius 1 is 1.16 bits per heavy atom. The first-order chi connectivity index (χ1) is 9.25. The van der Waals surface area contributed by atoms with Gasteiger partial charge in [0.1, 0.15) is 6.61 Å². The first kappa shape index (κ1) is 14.8. The van der Waals surface area contributed by atoms with E-state index in [4.69, 9.17) is 4.74 Å². The second-order valence-corrected chi connectivity index (χ2v) is 5.99. The number of piperidine rings is 1. The van der Waals surface area contributed by atoms with Crippen molar-refractivity contribution >= 4 is 5.91 Å². The number of carbonyl (C=O) groups excluding carboxylic acids is 1. The molecule has 2 N–H and O–H groups in total. The molecule has 1 saturated heterocycles. The maximum atomic E-state index is 11.9. The molecule has 1 heterocycles. The molecule has 2 rings (SSSR count). The highest BCUT2D eigenvalue weighted by Crippen LogP contribution is 2.17. The third kappa shape index (κ3) is 5.11. The predicted octanol–water partition coefficient (Wildman–Crippen LogP) is 1.98. The molecule has 0 aromatic heterocycles. The zero-order chi connectivity index (χ0) is 13.5. The summed E-state index contributed by atoms with van der Waals surface area (Å²) < 4.78 is 5.76. The van der Waals surface area contributed by atoms with E-state index in [-0.39, 0.29) is 18.6 Å². The quantitative estimate of drug-likeness (QED) is 0.767. The maximum Gasteiger partial charge on any atom is 0.246 e. The van der Waals surface area contributed by atoms with Crippen LogP contribution in [-0.2, 0) is 9.53 Å². The van der Waals surface area contributed by atoms with Gasteiger partial charge in [-0.3, -0.25) is 4.79 Å². The van der Waals surface area contributed by atoms with Gasteiger partial charge >= 0.3 is 0 Å². The van der Waals surface area contributed by atoms with Gasteiger partial charge in [0.05, 0.1) is 6.10 Å². The summed E-state index contributed by atoms with van der Waals surface area (Å²) in [6.45, 7) is 3.41. The summed E-state index contributed by atoms with van der Waals surface area (Å²) in [6.07, 6.45) is 9.77. The molecule has 110 valence electrons. The zero-order valence-corrected chi connectivity index (χ0v) is 12.1. The van der Waals surface area contributed by atoms with Crippen molar-refractivity contribution in [1.82, 2.24) is 10.6 Å². The van der Waals surface area contributed by atoms with Crippen LogP contribution < -0.4 is 10.6 Å². The van der Waals surface area contributed by atoms with Crippen molar-refractivity contribution in [3.8, 4) is 0 Å². The fourth-order valence-electron chi connectivity index (χ4n) is 3.12. The van der Waals surface area contributed by atoms with Gasteiger partial charge in [0.15, 0.2) is 0 Å². The van der Waals surface area contributed by atoms with Crippen molar-refractivity contribution in [3.05, 3.63) is 0 Å². The molecule has 4 heteroatoms. The molecule has 2 unspecified atom stereocenters. The van der Waals surface area contributed by atoms with Crippen molar-refractivity contribution in [2.45, 2.75) is 76.5 Å². The fourth-order valence-corrected chi connectivity index (χ4v) is 3.12. The molecule has 2 aliphatic rings. The fraction of sp³-hybridized carbons (Fsp3) is 0.933. The van der Waals surface area contributed by atoms with E-state index in [2.05, 4.69) is 17.6 Å². The maximum absolute atomic E-state index is 11.9. The van der Waals surface area contributed by atoms with E-state index < -0.39 is 0 Å². The molecule has 2 atom stereocenters. The van der Waals surface area contributed by atoms with E-state index in [1.54, 1.807) is 0 Å². The molecule has 1 aliphatic carbocycles. The summed E-state index contributed by atoms with van der Waals surface area (Å²) in [5, 5.41) is 6.52. The van der Waals surface area contributed by atoms with E-state index in [9.17, 15) is 4.79 Å². The highest BCUT2D eigenvalue weighted by Gasteiger charge is 2.22. The number of rotatable bonds is 4. The predicted molar refractivity (Wildman–Crippen MR) is 76.1 cm³/mol. The summed E-state index contributed by atoms with van der Waals surface area (Å²) in [4.78, 5) is 11.9. The summed E-state index contributed by atoms with van der Waals surface area (Å²) in [5.41, 5.74) is 0. The molecule has 4 nitrogen and oxygen atoms in total. The van der Waals surface area contributed by atoms with Gasteiger partial charge < -0.3 is 15.4 Å². The van der Waals surface area contributed by atoms with Crippen LogP contribution in [0.5, 0.6) is 0 Å². The SMILES string of the molecule is CC1NCCCC1OCC(=O)NC1CCCCCC1. The van der Waals surface area contributed by atoms with Crippen LogP contribution in [-0.4, -0.2) is 37.2 Å². The first-order valence-corrected chi connectivity index (χ1v) is 7.90. The van der Waals surface area contributed by atoms with Gasteiger partial charge in [-0.25, -0.2) is 0 Å². The lowest BCUT2D eigenvalue weighted by Gasteiger charge is -2.29. The van der Waals surface area contributed by atoms with E-state index in [1.165, 1.54) is 25.7 Å². The topological polar surface area (TPSA) is 50.4 Å². The first-order valence-electron chi connectivity index (χ1n) is 7.90. The molecule has 19 heavy (non-hydrogen) atoms. The van der Waals surface area contributed by atoms with Crippen LogP contribution in [0.15, 0.2) is 0 Å². The van der Waals surface area contributed by atoms with Crippen LogP contribution in [0.25, 0.3) is 0 Å². The molecular weight excluding hydrogens is 240 g/mol. The molecule has 0 aromatic carbocycles. The molecule has 1 aliphatic heterocycles. The number of amides is 1. The van der Waals surface area contributed by atoms with Gasteiger partial charge in [0.2, 0.25) is 5.91 Å². The normalized spacial score (nSPS) is 29.7. The van der Waals surface area contributed by atoms with Gasteiger partial charge in [0, 0.05) is 12.1 Å². The molecule has 1 amide bonds. The number of carbonyl (C=O) groups is 1. The van der Waals surface area contributed by atoms with Crippen LogP contribution >= 0.6 is 0 Å². The minimum absolute atomic E-state index is 0.0599. The lowest BCUT2D eigenvalue weighted by molar-refractivity contribution is -0.129. The smallest absolute Gasteiger partial charge is 0.246 e. The van der Waals surface area contributed by atoms with Crippen molar-refractivity contribution in [2.75, 3.05) is 13.2 Å². The summed E-state index contributed by atoms with van der Waals surface area (Å²) in [7, 11) is 0. The average Bonchev–Trinajstić information content (AvgIpc) is 2.66. The molecule has 0 aromatic rings.